The molecule has 0 unspecified atom stereocenters. The summed E-state index contributed by atoms with van der Waals surface area (Å²) in [5.74, 6) is -0.350. The van der Waals surface area contributed by atoms with Crippen LogP contribution in [0.5, 0.6) is 0 Å². The van der Waals surface area contributed by atoms with Crippen LogP contribution in [0.15, 0.2) is 102 Å². The molecule has 2 aliphatic rings. The number of methoxy groups -OCH3 is 1. The second kappa shape index (κ2) is 13.7. The summed E-state index contributed by atoms with van der Waals surface area (Å²) in [5, 5.41) is 3.00. The van der Waals surface area contributed by atoms with Crippen molar-refractivity contribution in [1.29, 1.82) is 0 Å². The van der Waals surface area contributed by atoms with Crippen molar-refractivity contribution < 1.29 is 23.5 Å². The van der Waals surface area contributed by atoms with Crippen molar-refractivity contribution in [2.45, 2.75) is 6.04 Å². The number of piperazine rings is 2. The zero-order chi connectivity index (χ0) is 31.2. The smallest absolute Gasteiger partial charge is 0.409 e. The van der Waals surface area contributed by atoms with Gasteiger partial charge in [0.05, 0.1) is 30.8 Å². The Hall–Kier alpha value is -5.09. The number of nitrogens with one attached hydrogen (secondary N) is 1. The minimum absolute atomic E-state index is 0.132. The molecule has 3 aromatic carbocycles. The number of hydrogen-bond acceptors (Lipinski definition) is 7. The summed E-state index contributed by atoms with van der Waals surface area (Å²) < 4.78 is 10.2. The summed E-state index contributed by atoms with van der Waals surface area (Å²) in [5.41, 5.74) is 4.36. The summed E-state index contributed by atoms with van der Waals surface area (Å²) in [4.78, 5) is 46.6. The van der Waals surface area contributed by atoms with Crippen LogP contribution in [0, 0.1) is 0 Å². The minimum atomic E-state index is -0.395. The summed E-state index contributed by atoms with van der Waals surface area (Å²) >= 11 is 0. The van der Waals surface area contributed by atoms with E-state index in [-0.39, 0.29) is 23.6 Å². The lowest BCUT2D eigenvalue weighted by atomic mass is 9.96. The van der Waals surface area contributed by atoms with E-state index in [0.29, 0.717) is 37.4 Å². The molecule has 4 aromatic rings. The Morgan fingerprint density at radius 3 is 1.93 bits per heavy atom. The van der Waals surface area contributed by atoms with Crippen LogP contribution in [0.4, 0.5) is 16.2 Å². The maximum Gasteiger partial charge on any atom is 0.409 e. The van der Waals surface area contributed by atoms with Crippen LogP contribution in [0.25, 0.3) is 0 Å². The van der Waals surface area contributed by atoms with Crippen molar-refractivity contribution in [1.82, 2.24) is 14.7 Å². The first-order chi connectivity index (χ1) is 22.0. The van der Waals surface area contributed by atoms with Crippen molar-refractivity contribution >= 4 is 29.3 Å². The molecule has 3 heterocycles. The number of carbonyl (C=O) groups excluding carboxylic acids is 3. The molecule has 10 nitrogen and oxygen atoms in total. The van der Waals surface area contributed by atoms with Gasteiger partial charge in [-0.15, -0.1) is 0 Å². The molecule has 232 valence electrons. The lowest BCUT2D eigenvalue weighted by Crippen LogP contribution is -2.50. The fourth-order valence-corrected chi connectivity index (χ4v) is 6.15. The summed E-state index contributed by atoms with van der Waals surface area (Å²) in [7, 11) is 1.35. The molecule has 1 aromatic heterocycles. The van der Waals surface area contributed by atoms with E-state index >= 15 is 0 Å². The second-order valence-electron chi connectivity index (χ2n) is 11.2. The van der Waals surface area contributed by atoms with Gasteiger partial charge in [0.15, 0.2) is 5.76 Å². The van der Waals surface area contributed by atoms with Gasteiger partial charge in [0.1, 0.15) is 0 Å². The van der Waals surface area contributed by atoms with Crippen LogP contribution in [0.1, 0.15) is 38.1 Å². The van der Waals surface area contributed by atoms with Crippen molar-refractivity contribution in [3.63, 3.8) is 0 Å². The minimum Gasteiger partial charge on any atom is -0.459 e. The van der Waals surface area contributed by atoms with Gasteiger partial charge < -0.3 is 29.2 Å². The summed E-state index contributed by atoms with van der Waals surface area (Å²) in [6.07, 6.45) is 1.06. The monoisotopic (exact) mass is 607 g/mol. The maximum atomic E-state index is 13.5. The molecule has 0 spiro atoms. The first-order valence-electron chi connectivity index (χ1n) is 15.2. The average Bonchev–Trinajstić information content (AvgIpc) is 3.65. The normalized spacial score (nSPS) is 15.6. The molecule has 0 bridgehead atoms. The van der Waals surface area contributed by atoms with E-state index in [1.807, 2.05) is 24.3 Å². The third-order valence-corrected chi connectivity index (χ3v) is 8.49. The Balaban J connectivity index is 1.22. The highest BCUT2D eigenvalue weighted by Gasteiger charge is 2.29. The third kappa shape index (κ3) is 6.71. The molecule has 2 aliphatic heterocycles. The molecule has 1 N–H and O–H groups in total. The molecule has 3 amide bonds. The van der Waals surface area contributed by atoms with Crippen LogP contribution in [-0.4, -0.2) is 92.1 Å². The summed E-state index contributed by atoms with van der Waals surface area (Å²) in [6, 6.07) is 30.0. The van der Waals surface area contributed by atoms with Gasteiger partial charge in [-0.25, -0.2) is 4.79 Å². The number of benzene rings is 3. The zero-order valence-electron chi connectivity index (χ0n) is 25.3. The largest absolute Gasteiger partial charge is 0.459 e. The number of furan rings is 1. The molecule has 0 saturated carbocycles. The van der Waals surface area contributed by atoms with Gasteiger partial charge >= 0.3 is 6.09 Å². The number of ether oxygens (including phenoxy) is 1. The van der Waals surface area contributed by atoms with E-state index in [4.69, 9.17) is 9.15 Å². The van der Waals surface area contributed by atoms with Gasteiger partial charge in [-0.2, -0.15) is 0 Å². The Kier molecular flexibility index (Phi) is 9.11. The SMILES string of the molecule is COC(=O)N1CCN(C(=O)c2ccc(N3CCN(C(c4ccccc4)c4ccccc4)CC3)c(NC(=O)c3ccco3)c2)CC1. The van der Waals surface area contributed by atoms with Gasteiger partial charge in [-0.1, -0.05) is 60.7 Å². The van der Waals surface area contributed by atoms with Crippen molar-refractivity contribution in [2.75, 3.05) is 69.7 Å². The Bertz CT molecular complexity index is 1560. The lowest BCUT2D eigenvalue weighted by Gasteiger charge is -2.41. The first kappa shape index (κ1) is 30.0. The third-order valence-electron chi connectivity index (χ3n) is 8.49. The van der Waals surface area contributed by atoms with Gasteiger partial charge in [0.25, 0.3) is 11.8 Å². The molecule has 10 heteroatoms. The van der Waals surface area contributed by atoms with E-state index in [1.165, 1.54) is 24.5 Å². The van der Waals surface area contributed by atoms with E-state index in [9.17, 15) is 14.4 Å². The Morgan fingerprint density at radius 1 is 0.733 bits per heavy atom. The van der Waals surface area contributed by atoms with Crippen molar-refractivity contribution in [2.24, 2.45) is 0 Å². The number of carbonyl (C=O) groups is 3. The molecule has 0 atom stereocenters. The molecule has 2 saturated heterocycles. The van der Waals surface area contributed by atoms with Crippen LogP contribution >= 0.6 is 0 Å². The highest BCUT2D eigenvalue weighted by Crippen LogP contribution is 2.33. The fourth-order valence-electron chi connectivity index (χ4n) is 6.15. The van der Waals surface area contributed by atoms with E-state index in [1.54, 1.807) is 28.0 Å². The van der Waals surface area contributed by atoms with Gasteiger partial charge in [-0.05, 0) is 41.5 Å². The zero-order valence-corrected chi connectivity index (χ0v) is 25.3. The number of hydrogen-bond donors (Lipinski definition) is 1. The molecule has 6 rings (SSSR count). The standard InChI is InChI=1S/C35H37N5O5/c1-44-35(43)40-22-20-39(21-23-40)34(42)28-14-15-30(29(25-28)36-33(41)31-13-8-24-45-31)37-16-18-38(19-17-37)32(26-9-4-2-5-10-26)27-11-6-3-7-12-27/h2-15,24-25,32H,16-23H2,1H3,(H,36,41). The number of rotatable bonds is 7. The first-order valence-corrected chi connectivity index (χ1v) is 15.2. The lowest BCUT2D eigenvalue weighted by molar-refractivity contribution is 0.0599. The van der Waals surface area contributed by atoms with Gasteiger partial charge in [0, 0.05) is 57.9 Å². The van der Waals surface area contributed by atoms with Gasteiger partial charge in [-0.3, -0.25) is 14.5 Å². The Labute approximate surface area is 262 Å². The highest BCUT2D eigenvalue weighted by molar-refractivity contribution is 6.05. The van der Waals surface area contributed by atoms with E-state index in [0.717, 1.165) is 31.9 Å². The fraction of sp³-hybridized carbons (Fsp3) is 0.286. The number of amides is 3. The molecule has 45 heavy (non-hydrogen) atoms. The molecule has 0 radical (unpaired) electrons. The molecule has 0 aliphatic carbocycles. The van der Waals surface area contributed by atoms with Crippen LogP contribution < -0.4 is 10.2 Å². The van der Waals surface area contributed by atoms with E-state index in [2.05, 4.69) is 63.6 Å². The molecular weight excluding hydrogens is 570 g/mol. The van der Waals surface area contributed by atoms with Crippen LogP contribution in [-0.2, 0) is 4.74 Å². The van der Waals surface area contributed by atoms with E-state index < -0.39 is 6.09 Å². The second-order valence-corrected chi connectivity index (χ2v) is 11.2. The molecular formula is C35H37N5O5. The highest BCUT2D eigenvalue weighted by atomic mass is 16.5. The van der Waals surface area contributed by atoms with Crippen LogP contribution in [0.3, 0.4) is 0 Å². The quantitative estimate of drug-likeness (QED) is 0.317. The summed E-state index contributed by atoms with van der Waals surface area (Å²) in [6.45, 7) is 4.69. The number of nitrogens with zero attached hydrogens (tertiary/aromatic N) is 4. The molecule has 2 fully saturated rings. The topological polar surface area (TPSA) is 98.6 Å². The van der Waals surface area contributed by atoms with Crippen molar-refractivity contribution in [3.8, 4) is 0 Å². The van der Waals surface area contributed by atoms with Gasteiger partial charge in [0.2, 0.25) is 0 Å². The number of anilines is 2. The maximum absolute atomic E-state index is 13.5. The average molecular weight is 608 g/mol. The Morgan fingerprint density at radius 2 is 1.36 bits per heavy atom. The van der Waals surface area contributed by atoms with Crippen LogP contribution in [0.2, 0.25) is 0 Å². The predicted octanol–water partition coefficient (Wildman–Crippen LogP) is 4.97. The van der Waals surface area contributed by atoms with Crippen molar-refractivity contribution in [3.05, 3.63) is 120 Å². The predicted molar refractivity (Wildman–Crippen MR) is 171 cm³/mol.